The van der Waals surface area contributed by atoms with E-state index in [4.69, 9.17) is 0 Å². The SMILES string of the molecule is CCC(C)NC(=O)CCCCCCC(=O)NC. The first-order chi connectivity index (χ1) is 8.10. The van der Waals surface area contributed by atoms with Crippen molar-refractivity contribution >= 4 is 11.8 Å². The first-order valence-corrected chi connectivity index (χ1v) is 6.60. The number of carbonyl (C=O) groups excluding carboxylic acids is 2. The molecule has 0 aromatic rings. The lowest BCUT2D eigenvalue weighted by Crippen LogP contribution is -2.31. The van der Waals surface area contributed by atoms with Gasteiger partial charge in [0.05, 0.1) is 0 Å². The lowest BCUT2D eigenvalue weighted by molar-refractivity contribution is -0.122. The van der Waals surface area contributed by atoms with E-state index in [0.29, 0.717) is 12.8 Å². The molecule has 1 unspecified atom stereocenters. The molecule has 0 rings (SSSR count). The van der Waals surface area contributed by atoms with Crippen molar-refractivity contribution in [3.8, 4) is 0 Å². The summed E-state index contributed by atoms with van der Waals surface area (Å²) in [6, 6.07) is 0.274. The molecular formula is C13H26N2O2. The third-order valence-electron chi connectivity index (χ3n) is 2.86. The van der Waals surface area contributed by atoms with Gasteiger partial charge in [-0.2, -0.15) is 0 Å². The minimum atomic E-state index is 0.0968. The maximum absolute atomic E-state index is 11.4. The van der Waals surface area contributed by atoms with Crippen LogP contribution in [-0.2, 0) is 9.59 Å². The summed E-state index contributed by atoms with van der Waals surface area (Å²) in [5.41, 5.74) is 0. The molecule has 100 valence electrons. The number of hydrogen-bond donors (Lipinski definition) is 2. The predicted molar refractivity (Wildman–Crippen MR) is 69.7 cm³/mol. The van der Waals surface area contributed by atoms with Crippen molar-refractivity contribution in [1.82, 2.24) is 10.6 Å². The van der Waals surface area contributed by atoms with Crippen molar-refractivity contribution in [3.63, 3.8) is 0 Å². The monoisotopic (exact) mass is 242 g/mol. The number of unbranched alkanes of at least 4 members (excludes halogenated alkanes) is 3. The van der Waals surface area contributed by atoms with Gasteiger partial charge in [-0.15, -0.1) is 0 Å². The van der Waals surface area contributed by atoms with Gasteiger partial charge in [-0.05, 0) is 26.2 Å². The Morgan fingerprint density at radius 2 is 1.53 bits per heavy atom. The zero-order chi connectivity index (χ0) is 13.1. The van der Waals surface area contributed by atoms with Gasteiger partial charge in [0.15, 0.2) is 0 Å². The molecule has 0 spiro atoms. The van der Waals surface area contributed by atoms with E-state index in [2.05, 4.69) is 17.6 Å². The molecule has 0 aliphatic rings. The van der Waals surface area contributed by atoms with Gasteiger partial charge in [-0.1, -0.05) is 19.8 Å². The Kier molecular flexibility index (Phi) is 9.49. The second-order valence-electron chi connectivity index (χ2n) is 4.46. The summed E-state index contributed by atoms with van der Waals surface area (Å²) in [4.78, 5) is 22.4. The van der Waals surface area contributed by atoms with E-state index in [9.17, 15) is 9.59 Å². The van der Waals surface area contributed by atoms with Gasteiger partial charge >= 0.3 is 0 Å². The van der Waals surface area contributed by atoms with Gasteiger partial charge in [0.1, 0.15) is 0 Å². The van der Waals surface area contributed by atoms with Gasteiger partial charge in [-0.25, -0.2) is 0 Å². The Morgan fingerprint density at radius 1 is 1.00 bits per heavy atom. The Labute approximate surface area is 105 Å². The summed E-state index contributed by atoms with van der Waals surface area (Å²) in [5.74, 6) is 0.241. The van der Waals surface area contributed by atoms with Crippen molar-refractivity contribution in [3.05, 3.63) is 0 Å². The molecule has 2 amide bonds. The van der Waals surface area contributed by atoms with Crippen LogP contribution in [0.2, 0.25) is 0 Å². The third kappa shape index (κ3) is 9.85. The predicted octanol–water partition coefficient (Wildman–Crippen LogP) is 1.99. The fourth-order valence-corrected chi connectivity index (χ4v) is 1.50. The Bertz CT molecular complexity index is 229. The molecule has 0 aliphatic carbocycles. The minimum Gasteiger partial charge on any atom is -0.359 e. The van der Waals surface area contributed by atoms with Gasteiger partial charge in [-0.3, -0.25) is 9.59 Å². The van der Waals surface area contributed by atoms with Crippen LogP contribution < -0.4 is 10.6 Å². The standard InChI is InChI=1S/C13H26N2O2/c1-4-11(2)15-13(17)10-8-6-5-7-9-12(16)14-3/h11H,4-10H2,1-3H3,(H,14,16)(H,15,17). The van der Waals surface area contributed by atoms with Crippen LogP contribution in [0.1, 0.15) is 58.8 Å². The largest absolute Gasteiger partial charge is 0.359 e. The van der Waals surface area contributed by atoms with Crippen molar-refractivity contribution < 1.29 is 9.59 Å². The molecule has 1 atom stereocenters. The van der Waals surface area contributed by atoms with Gasteiger partial charge in [0.2, 0.25) is 11.8 Å². The highest BCUT2D eigenvalue weighted by atomic mass is 16.2. The highest BCUT2D eigenvalue weighted by molar-refractivity contribution is 5.76. The molecule has 0 aromatic carbocycles. The number of rotatable bonds is 9. The second kappa shape index (κ2) is 10.1. The van der Waals surface area contributed by atoms with E-state index >= 15 is 0 Å². The van der Waals surface area contributed by atoms with E-state index < -0.39 is 0 Å². The van der Waals surface area contributed by atoms with E-state index in [-0.39, 0.29) is 17.9 Å². The topological polar surface area (TPSA) is 58.2 Å². The Balaban J connectivity index is 3.33. The average molecular weight is 242 g/mol. The molecule has 0 fully saturated rings. The van der Waals surface area contributed by atoms with Crippen LogP contribution in [0.25, 0.3) is 0 Å². The highest BCUT2D eigenvalue weighted by Gasteiger charge is 2.04. The minimum absolute atomic E-state index is 0.0968. The van der Waals surface area contributed by atoms with Crippen LogP contribution in [0, 0.1) is 0 Å². The van der Waals surface area contributed by atoms with E-state index in [1.165, 1.54) is 0 Å². The van der Waals surface area contributed by atoms with Gasteiger partial charge in [0.25, 0.3) is 0 Å². The van der Waals surface area contributed by atoms with Crippen LogP contribution in [0.15, 0.2) is 0 Å². The summed E-state index contributed by atoms with van der Waals surface area (Å²) in [5, 5.41) is 5.54. The zero-order valence-corrected chi connectivity index (χ0v) is 11.3. The molecular weight excluding hydrogens is 216 g/mol. The van der Waals surface area contributed by atoms with Crippen LogP contribution in [-0.4, -0.2) is 24.9 Å². The number of carbonyl (C=O) groups is 2. The van der Waals surface area contributed by atoms with Gasteiger partial charge < -0.3 is 10.6 Å². The fraction of sp³-hybridized carbons (Fsp3) is 0.846. The zero-order valence-electron chi connectivity index (χ0n) is 11.3. The first kappa shape index (κ1) is 15.9. The average Bonchev–Trinajstić information content (AvgIpc) is 2.32. The summed E-state index contributed by atoms with van der Waals surface area (Å²) < 4.78 is 0. The van der Waals surface area contributed by atoms with Crippen LogP contribution in [0.3, 0.4) is 0 Å². The lowest BCUT2D eigenvalue weighted by atomic mass is 10.1. The van der Waals surface area contributed by atoms with Crippen LogP contribution >= 0.6 is 0 Å². The summed E-state index contributed by atoms with van der Waals surface area (Å²) in [6.07, 6.45) is 6.02. The normalized spacial score (nSPS) is 11.9. The van der Waals surface area contributed by atoms with Crippen molar-refractivity contribution in [2.24, 2.45) is 0 Å². The second-order valence-corrected chi connectivity index (χ2v) is 4.46. The quantitative estimate of drug-likeness (QED) is 0.607. The molecule has 4 nitrogen and oxygen atoms in total. The van der Waals surface area contributed by atoms with E-state index in [1.54, 1.807) is 7.05 Å². The molecule has 0 heterocycles. The Hall–Kier alpha value is -1.06. The molecule has 0 aliphatic heterocycles. The van der Waals surface area contributed by atoms with E-state index in [0.717, 1.165) is 32.1 Å². The molecule has 4 heteroatoms. The summed E-state index contributed by atoms with van der Waals surface area (Å²) in [6.45, 7) is 4.07. The molecule has 0 bridgehead atoms. The molecule has 0 radical (unpaired) electrons. The Morgan fingerprint density at radius 3 is 2.00 bits per heavy atom. The van der Waals surface area contributed by atoms with Gasteiger partial charge in [0, 0.05) is 25.9 Å². The van der Waals surface area contributed by atoms with Crippen molar-refractivity contribution in [2.45, 2.75) is 64.8 Å². The van der Waals surface area contributed by atoms with Crippen molar-refractivity contribution in [2.75, 3.05) is 7.05 Å². The third-order valence-corrected chi connectivity index (χ3v) is 2.86. The fourth-order valence-electron chi connectivity index (χ4n) is 1.50. The number of amides is 2. The van der Waals surface area contributed by atoms with Crippen LogP contribution in [0.5, 0.6) is 0 Å². The lowest BCUT2D eigenvalue weighted by Gasteiger charge is -2.10. The molecule has 17 heavy (non-hydrogen) atoms. The molecule has 2 N–H and O–H groups in total. The van der Waals surface area contributed by atoms with E-state index in [1.807, 2.05) is 6.92 Å². The maximum Gasteiger partial charge on any atom is 0.220 e. The summed E-state index contributed by atoms with van der Waals surface area (Å²) >= 11 is 0. The maximum atomic E-state index is 11.4. The summed E-state index contributed by atoms with van der Waals surface area (Å²) in [7, 11) is 1.65. The molecule has 0 saturated heterocycles. The first-order valence-electron chi connectivity index (χ1n) is 6.60. The number of hydrogen-bond acceptors (Lipinski definition) is 2. The highest BCUT2D eigenvalue weighted by Crippen LogP contribution is 2.05. The smallest absolute Gasteiger partial charge is 0.220 e. The molecule has 0 saturated carbocycles. The molecule has 0 aromatic heterocycles. The number of nitrogens with one attached hydrogen (secondary N) is 2. The van der Waals surface area contributed by atoms with Crippen LogP contribution in [0.4, 0.5) is 0 Å². The van der Waals surface area contributed by atoms with Crippen molar-refractivity contribution in [1.29, 1.82) is 0 Å².